The molecule has 76 valence electrons. The van der Waals surface area contributed by atoms with Gasteiger partial charge in [0.25, 0.3) is 0 Å². The minimum absolute atomic E-state index is 0.109. The predicted molar refractivity (Wildman–Crippen MR) is 51.7 cm³/mol. The summed E-state index contributed by atoms with van der Waals surface area (Å²) < 4.78 is 1.60. The number of carboxylic acids is 1. The van der Waals surface area contributed by atoms with Crippen LogP contribution in [-0.4, -0.2) is 21.4 Å². The number of carboxylic acid groups (broad SMARTS) is 1. The summed E-state index contributed by atoms with van der Waals surface area (Å²) in [4.78, 5) is 21.8. The van der Waals surface area contributed by atoms with E-state index in [2.05, 4.69) is 0 Å². The summed E-state index contributed by atoms with van der Waals surface area (Å²) >= 11 is 0. The van der Waals surface area contributed by atoms with Crippen LogP contribution in [0.25, 0.3) is 0 Å². The second-order valence-electron chi connectivity index (χ2n) is 3.17. The number of carbonyl (C=O) groups is 2. The lowest BCUT2D eigenvalue weighted by molar-refractivity contribution is 0.0685. The van der Waals surface area contributed by atoms with E-state index in [9.17, 15) is 9.59 Å². The van der Waals surface area contributed by atoms with E-state index in [-0.39, 0.29) is 11.5 Å². The number of hydrogen-bond donors (Lipinski definition) is 1. The normalized spacial score (nSPS) is 10.1. The molecule has 1 aromatic heterocycles. The largest absolute Gasteiger partial charge is 0.477 e. The van der Waals surface area contributed by atoms with Crippen molar-refractivity contribution in [3.05, 3.63) is 23.5 Å². The Morgan fingerprint density at radius 3 is 2.57 bits per heavy atom. The number of nitrogens with zero attached hydrogens (tertiary/aromatic N) is 1. The van der Waals surface area contributed by atoms with Crippen LogP contribution in [0.5, 0.6) is 0 Å². The number of ketones is 1. The molecule has 1 rings (SSSR count). The number of rotatable bonds is 4. The summed E-state index contributed by atoms with van der Waals surface area (Å²) in [5.74, 6) is -1.10. The van der Waals surface area contributed by atoms with Crippen LogP contribution in [0.4, 0.5) is 0 Å². The van der Waals surface area contributed by atoms with Gasteiger partial charge in [0.1, 0.15) is 5.69 Å². The first kappa shape index (κ1) is 10.5. The Balaban J connectivity index is 3.12. The lowest BCUT2D eigenvalue weighted by atomic mass is 10.2. The van der Waals surface area contributed by atoms with Crippen LogP contribution in [0.15, 0.2) is 12.3 Å². The van der Waals surface area contributed by atoms with E-state index in [4.69, 9.17) is 5.11 Å². The van der Waals surface area contributed by atoms with Gasteiger partial charge < -0.3 is 9.67 Å². The number of aryl methyl sites for hydroxylation is 1. The first-order valence-electron chi connectivity index (χ1n) is 4.50. The second-order valence-corrected chi connectivity index (χ2v) is 3.17. The van der Waals surface area contributed by atoms with Crippen LogP contribution in [0, 0.1) is 0 Å². The highest BCUT2D eigenvalue weighted by Gasteiger charge is 2.13. The van der Waals surface area contributed by atoms with Gasteiger partial charge in [0.05, 0.1) is 0 Å². The standard InChI is InChI=1S/C10H13NO3/c1-3-4-11-6-8(7(2)12)5-9(11)10(13)14/h5-6H,3-4H2,1-2H3,(H,13,14). The Labute approximate surface area is 82.2 Å². The monoisotopic (exact) mass is 195 g/mol. The molecule has 0 bridgehead atoms. The molecule has 0 unspecified atom stereocenters. The molecule has 4 heteroatoms. The average Bonchev–Trinajstić information content (AvgIpc) is 2.49. The fourth-order valence-corrected chi connectivity index (χ4v) is 1.31. The van der Waals surface area contributed by atoms with Crippen molar-refractivity contribution in [1.82, 2.24) is 4.57 Å². The lowest BCUT2D eigenvalue weighted by Gasteiger charge is -2.02. The lowest BCUT2D eigenvalue weighted by Crippen LogP contribution is -2.06. The quantitative estimate of drug-likeness (QED) is 0.745. The third-order valence-corrected chi connectivity index (χ3v) is 1.99. The smallest absolute Gasteiger partial charge is 0.352 e. The van der Waals surface area contributed by atoms with E-state index in [1.165, 1.54) is 13.0 Å². The third kappa shape index (κ3) is 2.02. The Bertz CT molecular complexity index is 365. The Morgan fingerprint density at radius 2 is 2.14 bits per heavy atom. The summed E-state index contributed by atoms with van der Waals surface area (Å²) in [5.41, 5.74) is 0.632. The highest BCUT2D eigenvalue weighted by atomic mass is 16.4. The molecule has 0 spiro atoms. The van der Waals surface area contributed by atoms with Crippen molar-refractivity contribution in [3.8, 4) is 0 Å². The maximum absolute atomic E-state index is 11.0. The molecule has 4 nitrogen and oxygen atoms in total. The summed E-state index contributed by atoms with van der Waals surface area (Å²) in [6.07, 6.45) is 2.43. The van der Waals surface area contributed by atoms with Crippen molar-refractivity contribution in [1.29, 1.82) is 0 Å². The van der Waals surface area contributed by atoms with Crippen LogP contribution in [0.1, 0.15) is 41.1 Å². The molecular weight excluding hydrogens is 182 g/mol. The molecule has 0 aliphatic heterocycles. The second kappa shape index (κ2) is 4.09. The molecule has 0 radical (unpaired) electrons. The molecule has 0 aliphatic rings. The molecule has 1 N–H and O–H groups in total. The molecule has 0 atom stereocenters. The van der Waals surface area contributed by atoms with Crippen LogP contribution in [-0.2, 0) is 6.54 Å². The van der Waals surface area contributed by atoms with Gasteiger partial charge in [0.2, 0.25) is 0 Å². The van der Waals surface area contributed by atoms with Gasteiger partial charge in [-0.2, -0.15) is 0 Å². The first-order chi connectivity index (χ1) is 6.56. The van der Waals surface area contributed by atoms with Crippen molar-refractivity contribution in [2.45, 2.75) is 26.8 Å². The van der Waals surface area contributed by atoms with Gasteiger partial charge in [0.15, 0.2) is 5.78 Å². The van der Waals surface area contributed by atoms with Crippen LogP contribution < -0.4 is 0 Å². The number of aromatic carboxylic acids is 1. The van der Waals surface area contributed by atoms with Crippen molar-refractivity contribution < 1.29 is 14.7 Å². The Hall–Kier alpha value is -1.58. The van der Waals surface area contributed by atoms with E-state index in [0.29, 0.717) is 12.1 Å². The summed E-state index contributed by atoms with van der Waals surface area (Å²) in [6, 6.07) is 1.42. The molecule has 1 aromatic rings. The molecule has 0 fully saturated rings. The van der Waals surface area contributed by atoms with Gasteiger partial charge in [-0.05, 0) is 19.4 Å². The molecule has 0 aliphatic carbocycles. The van der Waals surface area contributed by atoms with Crippen LogP contribution >= 0.6 is 0 Å². The number of carbonyl (C=O) groups excluding carboxylic acids is 1. The molecule has 1 heterocycles. The Kier molecular flexibility index (Phi) is 3.06. The summed E-state index contributed by atoms with van der Waals surface area (Å²) in [5, 5.41) is 8.86. The molecule has 0 aromatic carbocycles. The molecular formula is C10H13NO3. The van der Waals surface area contributed by atoms with Gasteiger partial charge in [-0.3, -0.25) is 4.79 Å². The van der Waals surface area contributed by atoms with Crippen LogP contribution in [0.3, 0.4) is 0 Å². The fourth-order valence-electron chi connectivity index (χ4n) is 1.31. The minimum Gasteiger partial charge on any atom is -0.477 e. The average molecular weight is 195 g/mol. The molecule has 0 saturated heterocycles. The zero-order chi connectivity index (χ0) is 10.7. The maximum Gasteiger partial charge on any atom is 0.352 e. The molecule has 14 heavy (non-hydrogen) atoms. The highest BCUT2D eigenvalue weighted by molar-refractivity contribution is 5.97. The van der Waals surface area contributed by atoms with Gasteiger partial charge >= 0.3 is 5.97 Å². The van der Waals surface area contributed by atoms with Gasteiger partial charge in [0, 0.05) is 18.3 Å². The highest BCUT2D eigenvalue weighted by Crippen LogP contribution is 2.10. The number of hydrogen-bond acceptors (Lipinski definition) is 2. The third-order valence-electron chi connectivity index (χ3n) is 1.99. The van der Waals surface area contributed by atoms with E-state index in [0.717, 1.165) is 6.42 Å². The molecule has 0 saturated carbocycles. The summed E-state index contributed by atoms with van der Waals surface area (Å²) in [7, 11) is 0. The van der Waals surface area contributed by atoms with Crippen molar-refractivity contribution in [3.63, 3.8) is 0 Å². The molecule has 0 amide bonds. The predicted octanol–water partition coefficient (Wildman–Crippen LogP) is 1.80. The van der Waals surface area contributed by atoms with Crippen LogP contribution in [0.2, 0.25) is 0 Å². The van der Waals surface area contributed by atoms with Crippen molar-refractivity contribution in [2.24, 2.45) is 0 Å². The number of Topliss-reactive ketones (excluding diaryl/α,β-unsaturated/α-hetero) is 1. The summed E-state index contributed by atoms with van der Waals surface area (Å²) in [6.45, 7) is 4.01. The Morgan fingerprint density at radius 1 is 1.50 bits per heavy atom. The topological polar surface area (TPSA) is 59.3 Å². The van der Waals surface area contributed by atoms with E-state index >= 15 is 0 Å². The van der Waals surface area contributed by atoms with E-state index in [1.54, 1.807) is 10.8 Å². The van der Waals surface area contributed by atoms with E-state index < -0.39 is 5.97 Å². The van der Waals surface area contributed by atoms with Crippen molar-refractivity contribution in [2.75, 3.05) is 0 Å². The maximum atomic E-state index is 11.0. The minimum atomic E-state index is -0.994. The van der Waals surface area contributed by atoms with Crippen molar-refractivity contribution >= 4 is 11.8 Å². The first-order valence-corrected chi connectivity index (χ1v) is 4.50. The number of aromatic nitrogens is 1. The van der Waals surface area contributed by atoms with E-state index in [1.807, 2.05) is 6.92 Å². The SMILES string of the molecule is CCCn1cc(C(C)=O)cc1C(=O)O. The van der Waals surface area contributed by atoms with Gasteiger partial charge in [-0.1, -0.05) is 6.92 Å². The fraction of sp³-hybridized carbons (Fsp3) is 0.400. The zero-order valence-electron chi connectivity index (χ0n) is 8.28. The van der Waals surface area contributed by atoms with Gasteiger partial charge in [-0.15, -0.1) is 0 Å². The van der Waals surface area contributed by atoms with Gasteiger partial charge in [-0.25, -0.2) is 4.79 Å². The zero-order valence-corrected chi connectivity index (χ0v) is 8.28.